The monoisotopic (exact) mass is 1020 g/mol. The molecule has 17 aromatic rings. The molecule has 6 aromatic heterocycles. The van der Waals surface area contributed by atoms with E-state index in [2.05, 4.69) is 10.9 Å². The van der Waals surface area contributed by atoms with Crippen molar-refractivity contribution in [3.05, 3.63) is 235 Å². The maximum Gasteiger partial charge on any atom is 0.237 e. The summed E-state index contributed by atoms with van der Waals surface area (Å²) in [5.41, 5.74) is -1.21. The van der Waals surface area contributed by atoms with Gasteiger partial charge < -0.3 is 18.3 Å². The Morgan fingerprint density at radius 1 is 0.368 bits per heavy atom. The Balaban J connectivity index is 1.27. The van der Waals surface area contributed by atoms with E-state index in [1.807, 2.05) is 48.5 Å². The third kappa shape index (κ3) is 5.26. The lowest BCUT2D eigenvalue weighted by atomic mass is 10.0. The molecule has 0 aliphatic heterocycles. The number of aromatic nitrogens is 4. The first-order valence-corrected chi connectivity index (χ1v) is 25.4. The molecule has 0 bridgehead atoms. The van der Waals surface area contributed by atoms with E-state index >= 15 is 0 Å². The van der Waals surface area contributed by atoms with Crippen molar-refractivity contribution in [3.63, 3.8) is 0 Å². The Kier molecular flexibility index (Phi) is 5.40. The van der Waals surface area contributed by atoms with Gasteiger partial charge in [0.15, 0.2) is 0 Å². The largest absolute Gasteiger partial charge is 0.317 e. The third-order valence-corrected chi connectivity index (χ3v) is 16.8. The number of hydrogen-bond acceptors (Lipinski definition) is 3. The summed E-state index contributed by atoms with van der Waals surface area (Å²) in [6, 6.07) is 18.6. The SMILES string of the molecule is [2H]c1c([2H])c([2H])c2c(sc3c2c([2H])c([2H])c2c4c([2H])c([2H])c([2H])c([2H])c4n(-c4c(C#N)c(-n5c6ccccc6c6ccccc65)c(-n5c6c([2H])c([2H])c([2H])c([2H])c6c6c([2H])c([2H])c7c(sc8c([2H])c([2H])c([2H])c([2H])c87)c65)c(-n5c6ccccc6c6ccccc65)c4[N+]#[C-])c32)c1[2H]. The molecule has 0 saturated carbocycles. The number of benzene rings is 11. The first kappa shape index (κ1) is 26.8. The van der Waals surface area contributed by atoms with E-state index < -0.39 is 138 Å². The van der Waals surface area contributed by atoms with Gasteiger partial charge in [-0.05, 0) is 48.4 Å². The van der Waals surface area contributed by atoms with E-state index in [4.69, 9.17) is 5.48 Å². The summed E-state index contributed by atoms with van der Waals surface area (Å²) < 4.78 is 196. The molecule has 0 amide bonds. The second-order valence-electron chi connectivity index (χ2n) is 18.2. The van der Waals surface area contributed by atoms with Gasteiger partial charge in [-0.3, -0.25) is 0 Å². The van der Waals surface area contributed by atoms with Crippen LogP contribution in [-0.4, -0.2) is 18.3 Å². The molecule has 0 N–H and O–H groups in total. The minimum Gasteiger partial charge on any atom is -0.317 e. The lowest BCUT2D eigenvalue weighted by molar-refractivity contribution is 1.04. The fraction of sp³-hybridized carbons (Fsp3) is 0. The minimum absolute atomic E-state index is 0.0169. The third-order valence-electron chi connectivity index (χ3n) is 14.6. The van der Waals surface area contributed by atoms with Crippen LogP contribution >= 0.6 is 22.7 Å². The summed E-state index contributed by atoms with van der Waals surface area (Å²) in [4.78, 5) is 4.49. The van der Waals surface area contributed by atoms with Gasteiger partial charge in [0.1, 0.15) is 6.07 Å². The zero-order valence-corrected chi connectivity index (χ0v) is 40.4. The van der Waals surface area contributed by atoms with Gasteiger partial charge in [0, 0.05) is 74.0 Å². The maximum atomic E-state index is 13.0. The molecule has 6 nitrogen and oxygen atoms in total. The van der Waals surface area contributed by atoms with Crippen LogP contribution in [-0.2, 0) is 0 Å². The fourth-order valence-corrected chi connectivity index (χ4v) is 13.9. The number of rotatable bonds is 4. The average Bonchev–Trinajstić information content (AvgIpc) is 1.48. The Bertz CT molecular complexity index is 6500. The molecule has 0 aliphatic carbocycles. The highest BCUT2D eigenvalue weighted by molar-refractivity contribution is 7.27. The zero-order valence-electron chi connectivity index (χ0n) is 58.7. The van der Waals surface area contributed by atoms with Crippen molar-refractivity contribution in [1.82, 2.24) is 18.3 Å². The van der Waals surface area contributed by atoms with E-state index in [1.165, 1.54) is 9.13 Å². The molecule has 17 rings (SSSR count). The van der Waals surface area contributed by atoms with Crippen LogP contribution in [0.4, 0.5) is 5.69 Å². The summed E-state index contributed by atoms with van der Waals surface area (Å²) in [5.74, 6) is 0. The fourth-order valence-electron chi connectivity index (χ4n) is 11.7. The Morgan fingerprint density at radius 3 is 1.20 bits per heavy atom. The van der Waals surface area contributed by atoms with Crippen molar-refractivity contribution < 1.29 is 27.4 Å². The van der Waals surface area contributed by atoms with Crippen molar-refractivity contribution in [3.8, 4) is 28.8 Å². The lowest BCUT2D eigenvalue weighted by Crippen LogP contribution is -2.14. The normalized spacial score (nSPS) is 15.9. The summed E-state index contributed by atoms with van der Waals surface area (Å²) in [6.07, 6.45) is 0. The van der Waals surface area contributed by atoms with E-state index in [9.17, 15) is 33.8 Å². The molecule has 6 heterocycles. The molecule has 350 valence electrons. The van der Waals surface area contributed by atoms with Crippen LogP contribution in [0.2, 0.25) is 0 Å². The number of hydrogen-bond donors (Lipinski definition) is 0. The standard InChI is InChI=1S/C68H36N6S2/c1-70-60-61(73-56-30-14-6-22-43(56)47-34-36-49-45-24-8-16-32-58(45)75-67(49)63(47)73)51(38-69)62(71-52-26-10-2-18-39(52)40-19-3-11-27-53(40)71)66(65(60)72-54-28-12-4-20-41(54)42-21-5-13-29-55(42)72)74-57-31-15-7-23-44(57)48-35-37-50-46-25-9-17-33-59(46)76-68(50)64(48)74/h2-37H/i6D,7D,8D,9D,14D,15D,16D,17D,22D,23D,24D,25D,30D,31D,32D,33D,34D,35D,36D,37D. The van der Waals surface area contributed by atoms with Gasteiger partial charge in [-0.15, -0.1) is 22.7 Å². The number of fused-ring (bicyclic) bond motifs is 20. The Labute approximate surface area is 469 Å². The van der Waals surface area contributed by atoms with Gasteiger partial charge in [-0.2, -0.15) is 5.26 Å². The van der Waals surface area contributed by atoms with Crippen molar-refractivity contribution in [2.24, 2.45) is 0 Å². The van der Waals surface area contributed by atoms with E-state index in [-0.39, 0.29) is 101 Å². The zero-order chi connectivity index (χ0) is 67.3. The van der Waals surface area contributed by atoms with E-state index in [0.717, 1.165) is 22.7 Å². The Hall–Kier alpha value is -9.96. The van der Waals surface area contributed by atoms with Crippen molar-refractivity contribution >= 4 is 156 Å². The van der Waals surface area contributed by atoms with Crippen LogP contribution in [0.25, 0.3) is 155 Å². The second-order valence-corrected chi connectivity index (χ2v) is 20.2. The topological polar surface area (TPSA) is 47.9 Å². The highest BCUT2D eigenvalue weighted by atomic mass is 32.1. The quantitative estimate of drug-likeness (QED) is 0.162. The Morgan fingerprint density at radius 2 is 0.750 bits per heavy atom. The van der Waals surface area contributed by atoms with E-state index in [1.54, 1.807) is 57.7 Å². The number of para-hydroxylation sites is 6. The molecule has 0 unspecified atom stereocenters. The van der Waals surface area contributed by atoms with Gasteiger partial charge in [-0.25, -0.2) is 4.85 Å². The van der Waals surface area contributed by atoms with Crippen molar-refractivity contribution in [2.75, 3.05) is 0 Å². The molecule has 0 atom stereocenters. The predicted molar refractivity (Wildman–Crippen MR) is 321 cm³/mol. The molecule has 0 spiro atoms. The van der Waals surface area contributed by atoms with Crippen LogP contribution in [0.1, 0.15) is 33.0 Å². The number of nitriles is 1. The molecule has 0 saturated heterocycles. The smallest absolute Gasteiger partial charge is 0.237 e. The van der Waals surface area contributed by atoms with Crippen LogP contribution in [0, 0.1) is 17.9 Å². The average molecular weight is 1020 g/mol. The summed E-state index contributed by atoms with van der Waals surface area (Å²) in [6.45, 7) is 10.00. The molecule has 0 radical (unpaired) electrons. The first-order chi connectivity index (χ1) is 46.0. The summed E-state index contributed by atoms with van der Waals surface area (Å²) in [7, 11) is 0. The molecule has 8 heteroatoms. The number of thiophene rings is 2. The molecule has 11 aromatic carbocycles. The predicted octanol–water partition coefficient (Wildman–Crippen LogP) is 19.2. The van der Waals surface area contributed by atoms with Gasteiger partial charge in [0.25, 0.3) is 0 Å². The molecular weight excluding hydrogens is 965 g/mol. The highest BCUT2D eigenvalue weighted by Crippen LogP contribution is 2.54. The molecular formula is C68H36N6S2. The summed E-state index contributed by atoms with van der Waals surface area (Å²) in [5, 5.41) is 13.8. The van der Waals surface area contributed by atoms with Crippen molar-refractivity contribution in [1.29, 1.82) is 5.26 Å². The van der Waals surface area contributed by atoms with Crippen LogP contribution in [0.15, 0.2) is 218 Å². The van der Waals surface area contributed by atoms with E-state index in [0.29, 0.717) is 43.6 Å². The van der Waals surface area contributed by atoms with Crippen LogP contribution < -0.4 is 0 Å². The lowest BCUT2D eigenvalue weighted by Gasteiger charge is -2.27. The minimum atomic E-state index is -0.778. The highest BCUT2D eigenvalue weighted by Gasteiger charge is 2.35. The maximum absolute atomic E-state index is 13.0. The van der Waals surface area contributed by atoms with Crippen LogP contribution in [0.3, 0.4) is 0 Å². The number of nitrogens with zero attached hydrogens (tertiary/aromatic N) is 6. The van der Waals surface area contributed by atoms with Gasteiger partial charge >= 0.3 is 0 Å². The van der Waals surface area contributed by atoms with Crippen molar-refractivity contribution in [2.45, 2.75) is 0 Å². The summed E-state index contributed by atoms with van der Waals surface area (Å²) >= 11 is 1.63. The van der Waals surface area contributed by atoms with Crippen LogP contribution in [0.5, 0.6) is 0 Å². The second kappa shape index (κ2) is 15.3. The molecule has 76 heavy (non-hydrogen) atoms. The molecule has 0 fully saturated rings. The molecule has 0 aliphatic rings. The van der Waals surface area contributed by atoms with Gasteiger partial charge in [0.05, 0.1) is 116 Å². The van der Waals surface area contributed by atoms with Gasteiger partial charge in [0.2, 0.25) is 5.69 Å². The first-order valence-electron chi connectivity index (χ1n) is 33.7. The van der Waals surface area contributed by atoms with Gasteiger partial charge in [-0.1, -0.05) is 169 Å².